The molecule has 11 heteroatoms. The fourth-order valence-electron chi connectivity index (χ4n) is 3.49. The monoisotopic (exact) mass is 485 g/mol. The van der Waals surface area contributed by atoms with Gasteiger partial charge in [-0.1, -0.05) is 13.3 Å². The predicted molar refractivity (Wildman–Crippen MR) is 111 cm³/mol. The molecule has 182 valence electrons. The molecule has 0 bridgehead atoms. The van der Waals surface area contributed by atoms with E-state index in [1.807, 2.05) is 6.92 Å². The first kappa shape index (κ1) is 25.0. The summed E-state index contributed by atoms with van der Waals surface area (Å²) in [5.74, 6) is -6.05. The molecule has 0 aliphatic carbocycles. The fourth-order valence-corrected chi connectivity index (χ4v) is 3.49. The maximum atomic E-state index is 14.9. The minimum atomic E-state index is -4.92. The number of fused-ring (bicyclic) bond motifs is 1. The Hall–Kier alpha value is -3.63. The van der Waals surface area contributed by atoms with E-state index in [2.05, 4.69) is 4.74 Å². The van der Waals surface area contributed by atoms with Gasteiger partial charge in [-0.25, -0.2) is 8.78 Å². The van der Waals surface area contributed by atoms with Gasteiger partial charge in [0.15, 0.2) is 17.4 Å². The van der Waals surface area contributed by atoms with Crippen molar-refractivity contribution in [3.63, 3.8) is 0 Å². The first-order chi connectivity index (χ1) is 15.9. The molecular weight excluding hydrogens is 465 g/mol. The Balaban J connectivity index is 2.07. The Kier molecular flexibility index (Phi) is 7.13. The minimum Gasteiger partial charge on any atom is -0.503 e. The summed E-state index contributed by atoms with van der Waals surface area (Å²) in [4.78, 5) is 25.4. The summed E-state index contributed by atoms with van der Waals surface area (Å²) >= 11 is 0. The van der Waals surface area contributed by atoms with Gasteiger partial charge in [-0.15, -0.1) is 13.2 Å². The molecule has 0 aliphatic heterocycles. The first-order valence-corrected chi connectivity index (χ1v) is 10.2. The fraction of sp³-hybridized carbons (Fsp3) is 0.304. The number of alkyl halides is 3. The van der Waals surface area contributed by atoms with Gasteiger partial charge in [0.2, 0.25) is 0 Å². The molecule has 0 saturated carbocycles. The highest BCUT2D eigenvalue weighted by molar-refractivity contribution is 6.05. The van der Waals surface area contributed by atoms with E-state index in [0.29, 0.717) is 6.42 Å². The van der Waals surface area contributed by atoms with Crippen LogP contribution in [-0.4, -0.2) is 34.5 Å². The molecule has 0 amide bonds. The zero-order valence-electron chi connectivity index (χ0n) is 18.1. The second-order valence-electron chi connectivity index (χ2n) is 7.44. The molecule has 3 rings (SSSR count). The van der Waals surface area contributed by atoms with Crippen LogP contribution in [0, 0.1) is 18.6 Å². The second-order valence-corrected chi connectivity index (χ2v) is 7.44. The summed E-state index contributed by atoms with van der Waals surface area (Å²) in [6.45, 7) is 3.43. The van der Waals surface area contributed by atoms with Crippen molar-refractivity contribution in [2.24, 2.45) is 0 Å². The van der Waals surface area contributed by atoms with Gasteiger partial charge in [-0.05, 0) is 43.2 Å². The van der Waals surface area contributed by atoms with Gasteiger partial charge in [0.1, 0.15) is 5.75 Å². The Morgan fingerprint density at radius 3 is 2.35 bits per heavy atom. The predicted octanol–water partition coefficient (Wildman–Crippen LogP) is 5.41. The molecule has 0 radical (unpaired) electrons. The third-order valence-electron chi connectivity index (χ3n) is 5.11. The Morgan fingerprint density at radius 2 is 1.76 bits per heavy atom. The van der Waals surface area contributed by atoms with Crippen molar-refractivity contribution >= 4 is 22.8 Å². The summed E-state index contributed by atoms with van der Waals surface area (Å²) < 4.78 is 75.9. The normalized spacial score (nSPS) is 11.6. The van der Waals surface area contributed by atoms with E-state index in [9.17, 15) is 36.6 Å². The molecule has 1 N–H and O–H groups in total. The van der Waals surface area contributed by atoms with Crippen LogP contribution in [0.1, 0.15) is 41.4 Å². The van der Waals surface area contributed by atoms with Gasteiger partial charge in [-0.2, -0.15) is 0 Å². The van der Waals surface area contributed by atoms with Crippen LogP contribution in [0.3, 0.4) is 0 Å². The van der Waals surface area contributed by atoms with Gasteiger partial charge < -0.3 is 14.6 Å². The van der Waals surface area contributed by atoms with Crippen molar-refractivity contribution in [1.82, 2.24) is 4.57 Å². The standard InChI is InChI=1S/C23H20F5NO5/c1-3-4-9-33-18(30)10-15-12(2)29(17-11-16(24)21(31)20(25)19(15)17)22(32)13-5-7-14(8-6-13)34-23(26,27)28/h5-8,11,31H,3-4,9-10H2,1-2H3. The molecule has 0 spiro atoms. The molecule has 0 saturated heterocycles. The zero-order valence-corrected chi connectivity index (χ0v) is 18.1. The van der Waals surface area contributed by atoms with Crippen molar-refractivity contribution < 1.29 is 46.1 Å². The maximum Gasteiger partial charge on any atom is 0.573 e. The number of hydrogen-bond acceptors (Lipinski definition) is 5. The van der Waals surface area contributed by atoms with Gasteiger partial charge in [-0.3, -0.25) is 14.2 Å². The number of benzene rings is 2. The highest BCUT2D eigenvalue weighted by Gasteiger charge is 2.31. The van der Waals surface area contributed by atoms with Crippen LogP contribution in [0.5, 0.6) is 11.5 Å². The van der Waals surface area contributed by atoms with E-state index in [-0.39, 0.29) is 34.3 Å². The maximum absolute atomic E-state index is 14.9. The van der Waals surface area contributed by atoms with Crippen molar-refractivity contribution in [1.29, 1.82) is 0 Å². The number of carbonyl (C=O) groups excluding carboxylic acids is 2. The summed E-state index contributed by atoms with van der Waals surface area (Å²) in [5, 5.41) is 9.41. The Labute approximate surface area is 190 Å². The number of carbonyl (C=O) groups is 2. The van der Waals surface area contributed by atoms with Crippen LogP contribution in [-0.2, 0) is 16.0 Å². The number of hydrogen-bond donors (Lipinski definition) is 1. The number of aromatic hydroxyl groups is 1. The molecule has 1 aromatic heterocycles. The lowest BCUT2D eigenvalue weighted by Gasteiger charge is -2.11. The number of phenolic OH excluding ortho intramolecular Hbond substituents is 1. The van der Waals surface area contributed by atoms with Crippen molar-refractivity contribution in [3.8, 4) is 11.5 Å². The Morgan fingerprint density at radius 1 is 1.12 bits per heavy atom. The molecule has 1 heterocycles. The number of phenols is 1. The number of aromatic nitrogens is 1. The first-order valence-electron chi connectivity index (χ1n) is 10.2. The lowest BCUT2D eigenvalue weighted by Crippen LogP contribution is -2.17. The Bertz CT molecular complexity index is 1230. The van der Waals surface area contributed by atoms with E-state index >= 15 is 0 Å². The van der Waals surface area contributed by atoms with E-state index < -0.39 is 47.8 Å². The summed E-state index contributed by atoms with van der Waals surface area (Å²) in [5.41, 5.74) is -0.288. The van der Waals surface area contributed by atoms with Crippen molar-refractivity contribution in [2.45, 2.75) is 39.5 Å². The third kappa shape index (κ3) is 5.13. The molecule has 34 heavy (non-hydrogen) atoms. The van der Waals surface area contributed by atoms with E-state index in [4.69, 9.17) is 4.74 Å². The largest absolute Gasteiger partial charge is 0.573 e. The summed E-state index contributed by atoms with van der Waals surface area (Å²) in [6, 6.07) is 4.69. The number of esters is 1. The quantitative estimate of drug-likeness (QED) is 0.275. The molecule has 0 unspecified atom stereocenters. The summed E-state index contributed by atoms with van der Waals surface area (Å²) in [6.07, 6.45) is -3.99. The average molecular weight is 485 g/mol. The lowest BCUT2D eigenvalue weighted by molar-refractivity contribution is -0.274. The van der Waals surface area contributed by atoms with E-state index in [1.54, 1.807) is 0 Å². The van der Waals surface area contributed by atoms with Gasteiger partial charge in [0.25, 0.3) is 5.91 Å². The number of rotatable bonds is 7. The number of unbranched alkanes of at least 4 members (excludes halogenated alkanes) is 1. The SMILES string of the molecule is CCCCOC(=O)Cc1c(C)n(C(=O)c2ccc(OC(F)(F)F)cc2)c2cc(F)c(O)c(F)c12. The molecule has 0 aliphatic rings. The van der Waals surface area contributed by atoms with Crippen LogP contribution in [0.2, 0.25) is 0 Å². The van der Waals surface area contributed by atoms with Crippen LogP contribution >= 0.6 is 0 Å². The average Bonchev–Trinajstić information content (AvgIpc) is 3.02. The van der Waals surface area contributed by atoms with Gasteiger partial charge in [0, 0.05) is 22.7 Å². The van der Waals surface area contributed by atoms with Gasteiger partial charge in [0.05, 0.1) is 18.5 Å². The molecular formula is C23H20F5NO5. The van der Waals surface area contributed by atoms with Crippen LogP contribution in [0.25, 0.3) is 10.9 Å². The second kappa shape index (κ2) is 9.70. The highest BCUT2D eigenvalue weighted by atomic mass is 19.4. The molecule has 2 aromatic carbocycles. The third-order valence-corrected chi connectivity index (χ3v) is 5.11. The highest BCUT2D eigenvalue weighted by Crippen LogP contribution is 2.35. The minimum absolute atomic E-state index is 0.00896. The van der Waals surface area contributed by atoms with Crippen LogP contribution < -0.4 is 4.74 Å². The van der Waals surface area contributed by atoms with Crippen LogP contribution in [0.4, 0.5) is 22.0 Å². The molecule has 0 atom stereocenters. The lowest BCUT2D eigenvalue weighted by atomic mass is 10.1. The van der Waals surface area contributed by atoms with Gasteiger partial charge >= 0.3 is 12.3 Å². The van der Waals surface area contributed by atoms with E-state index in [1.165, 1.54) is 6.92 Å². The topological polar surface area (TPSA) is 77.8 Å². The van der Waals surface area contributed by atoms with Crippen LogP contribution in [0.15, 0.2) is 30.3 Å². The van der Waals surface area contributed by atoms with Crippen molar-refractivity contribution in [3.05, 3.63) is 58.8 Å². The zero-order chi connectivity index (χ0) is 25.2. The van der Waals surface area contributed by atoms with E-state index in [0.717, 1.165) is 41.3 Å². The number of halogens is 5. The smallest absolute Gasteiger partial charge is 0.503 e. The molecule has 6 nitrogen and oxygen atoms in total. The van der Waals surface area contributed by atoms with Crippen molar-refractivity contribution in [2.75, 3.05) is 6.61 Å². The molecule has 0 fully saturated rings. The summed E-state index contributed by atoms with van der Waals surface area (Å²) in [7, 11) is 0. The number of ether oxygens (including phenoxy) is 2. The number of nitrogens with zero attached hydrogens (tertiary/aromatic N) is 1. The molecule has 3 aromatic rings.